The van der Waals surface area contributed by atoms with Gasteiger partial charge in [-0.05, 0) is 39.9 Å². The van der Waals surface area contributed by atoms with Gasteiger partial charge in [0.1, 0.15) is 5.75 Å². The van der Waals surface area contributed by atoms with Gasteiger partial charge in [0.2, 0.25) is 0 Å². The average Bonchev–Trinajstić information content (AvgIpc) is 2.53. The molecule has 0 aliphatic carbocycles. The van der Waals surface area contributed by atoms with E-state index in [1.807, 2.05) is 7.05 Å². The molecule has 0 saturated carbocycles. The molecule has 118 valence electrons. The van der Waals surface area contributed by atoms with Gasteiger partial charge in [-0.3, -0.25) is 0 Å². The highest BCUT2D eigenvalue weighted by atomic mass is 16.5. The van der Waals surface area contributed by atoms with Crippen molar-refractivity contribution in [1.29, 1.82) is 0 Å². The first-order chi connectivity index (χ1) is 10.2. The molecule has 4 nitrogen and oxygen atoms in total. The quantitative estimate of drug-likeness (QED) is 0.873. The van der Waals surface area contributed by atoms with Crippen LogP contribution in [0.1, 0.15) is 30.0 Å². The van der Waals surface area contributed by atoms with Crippen LogP contribution < -0.4 is 10.1 Å². The Kier molecular flexibility index (Phi) is 6.03. The second-order valence-electron chi connectivity index (χ2n) is 5.87. The normalized spacial score (nSPS) is 18.0. The Morgan fingerprint density at radius 1 is 1.38 bits per heavy atom. The van der Waals surface area contributed by atoms with Crippen molar-refractivity contribution in [2.75, 3.05) is 41.0 Å². The topological polar surface area (TPSA) is 33.7 Å². The van der Waals surface area contributed by atoms with Gasteiger partial charge in [-0.1, -0.05) is 17.7 Å². The fourth-order valence-corrected chi connectivity index (χ4v) is 3.03. The number of ether oxygens (including phenoxy) is 2. The third-order valence-corrected chi connectivity index (χ3v) is 4.39. The van der Waals surface area contributed by atoms with Crippen LogP contribution in [-0.2, 0) is 4.74 Å². The molecule has 1 saturated heterocycles. The zero-order valence-corrected chi connectivity index (χ0v) is 13.7. The molecule has 1 fully saturated rings. The molecule has 0 amide bonds. The first-order valence-corrected chi connectivity index (χ1v) is 7.75. The molecule has 1 atom stereocenters. The highest BCUT2D eigenvalue weighted by Crippen LogP contribution is 2.27. The Hall–Kier alpha value is -1.10. The summed E-state index contributed by atoms with van der Waals surface area (Å²) in [6.07, 6.45) is 2.25. The third-order valence-electron chi connectivity index (χ3n) is 4.39. The van der Waals surface area contributed by atoms with E-state index in [0.29, 0.717) is 6.04 Å². The monoisotopic (exact) mass is 292 g/mol. The van der Waals surface area contributed by atoms with Crippen molar-refractivity contribution in [3.63, 3.8) is 0 Å². The zero-order valence-electron chi connectivity index (χ0n) is 13.7. The Morgan fingerprint density at radius 3 is 2.71 bits per heavy atom. The summed E-state index contributed by atoms with van der Waals surface area (Å²) in [5, 5.41) is 3.44. The van der Waals surface area contributed by atoms with Crippen LogP contribution in [0.4, 0.5) is 0 Å². The third kappa shape index (κ3) is 4.19. The average molecular weight is 292 g/mol. The van der Waals surface area contributed by atoms with E-state index in [4.69, 9.17) is 9.47 Å². The number of nitrogens with zero attached hydrogens (tertiary/aromatic N) is 1. The lowest BCUT2D eigenvalue weighted by atomic mass is 10.0. The summed E-state index contributed by atoms with van der Waals surface area (Å²) in [5.41, 5.74) is 2.50. The van der Waals surface area contributed by atoms with Crippen LogP contribution in [-0.4, -0.2) is 51.9 Å². The summed E-state index contributed by atoms with van der Waals surface area (Å²) in [7, 11) is 5.97. The Bertz CT molecular complexity index is 444. The van der Waals surface area contributed by atoms with Crippen LogP contribution in [0.15, 0.2) is 18.2 Å². The van der Waals surface area contributed by atoms with Gasteiger partial charge in [-0.2, -0.15) is 0 Å². The van der Waals surface area contributed by atoms with Crippen molar-refractivity contribution < 1.29 is 9.47 Å². The van der Waals surface area contributed by atoms with Gasteiger partial charge >= 0.3 is 0 Å². The van der Waals surface area contributed by atoms with Crippen molar-refractivity contribution in [3.05, 3.63) is 29.3 Å². The molecule has 21 heavy (non-hydrogen) atoms. The zero-order chi connectivity index (χ0) is 15.2. The largest absolute Gasteiger partial charge is 0.496 e. The van der Waals surface area contributed by atoms with Gasteiger partial charge < -0.3 is 19.7 Å². The van der Waals surface area contributed by atoms with E-state index in [2.05, 4.69) is 42.4 Å². The number of benzene rings is 1. The molecule has 0 bridgehead atoms. The van der Waals surface area contributed by atoms with Crippen molar-refractivity contribution in [3.8, 4) is 5.75 Å². The number of likely N-dealkylation sites (N-methyl/N-ethyl adjacent to an activating group) is 2. The van der Waals surface area contributed by atoms with E-state index < -0.39 is 0 Å². The summed E-state index contributed by atoms with van der Waals surface area (Å²) in [6.45, 7) is 4.86. The fourth-order valence-electron chi connectivity index (χ4n) is 3.03. The molecule has 1 aliphatic heterocycles. The first-order valence-electron chi connectivity index (χ1n) is 7.75. The Labute approximate surface area is 128 Å². The van der Waals surface area contributed by atoms with Crippen LogP contribution in [0.5, 0.6) is 5.75 Å². The fraction of sp³-hybridized carbons (Fsp3) is 0.647. The minimum absolute atomic E-state index is 0.271. The van der Waals surface area contributed by atoms with Crippen LogP contribution in [0, 0.1) is 6.92 Å². The molecule has 0 spiro atoms. The maximum Gasteiger partial charge on any atom is 0.123 e. The van der Waals surface area contributed by atoms with E-state index >= 15 is 0 Å². The van der Waals surface area contributed by atoms with E-state index in [9.17, 15) is 0 Å². The highest BCUT2D eigenvalue weighted by Gasteiger charge is 2.23. The number of rotatable bonds is 6. The van der Waals surface area contributed by atoms with Crippen LogP contribution in [0.2, 0.25) is 0 Å². The molecule has 0 radical (unpaired) electrons. The Morgan fingerprint density at radius 2 is 2.10 bits per heavy atom. The number of nitrogens with one attached hydrogen (secondary N) is 1. The predicted molar refractivity (Wildman–Crippen MR) is 86.0 cm³/mol. The summed E-state index contributed by atoms with van der Waals surface area (Å²) in [6, 6.07) is 7.26. The lowest BCUT2D eigenvalue weighted by Crippen LogP contribution is -2.41. The maximum absolute atomic E-state index is 5.53. The number of methoxy groups -OCH3 is 1. The van der Waals surface area contributed by atoms with Crippen molar-refractivity contribution >= 4 is 0 Å². The molecule has 1 unspecified atom stereocenters. The van der Waals surface area contributed by atoms with Gasteiger partial charge in [0.05, 0.1) is 7.11 Å². The molecule has 1 aromatic rings. The smallest absolute Gasteiger partial charge is 0.123 e. The molecule has 1 heterocycles. The number of aryl methyl sites for hydroxylation is 1. The van der Waals surface area contributed by atoms with Crippen molar-refractivity contribution in [1.82, 2.24) is 10.2 Å². The van der Waals surface area contributed by atoms with Crippen LogP contribution in [0.25, 0.3) is 0 Å². The minimum atomic E-state index is 0.271. The van der Waals surface area contributed by atoms with Gasteiger partial charge in [0.25, 0.3) is 0 Å². The van der Waals surface area contributed by atoms with Crippen molar-refractivity contribution in [2.45, 2.75) is 31.8 Å². The second-order valence-corrected chi connectivity index (χ2v) is 5.87. The number of hydrogen-bond donors (Lipinski definition) is 1. The number of hydrogen-bond acceptors (Lipinski definition) is 4. The summed E-state index contributed by atoms with van der Waals surface area (Å²) in [4.78, 5) is 2.45. The lowest BCUT2D eigenvalue weighted by Gasteiger charge is -2.34. The molecular formula is C17H28N2O2. The molecule has 1 aromatic carbocycles. The second kappa shape index (κ2) is 7.78. The highest BCUT2D eigenvalue weighted by molar-refractivity contribution is 5.39. The van der Waals surface area contributed by atoms with Crippen LogP contribution in [0.3, 0.4) is 0 Å². The van der Waals surface area contributed by atoms with Gasteiger partial charge in [-0.15, -0.1) is 0 Å². The van der Waals surface area contributed by atoms with E-state index in [1.165, 1.54) is 11.1 Å². The summed E-state index contributed by atoms with van der Waals surface area (Å²) >= 11 is 0. The Balaban J connectivity index is 2.10. The van der Waals surface area contributed by atoms with Gasteiger partial charge in [0.15, 0.2) is 0 Å². The maximum atomic E-state index is 5.53. The predicted octanol–water partition coefficient (Wildman–Crippen LogP) is 2.37. The van der Waals surface area contributed by atoms with Crippen molar-refractivity contribution in [2.24, 2.45) is 0 Å². The molecule has 0 aromatic heterocycles. The van der Waals surface area contributed by atoms with E-state index in [-0.39, 0.29) is 6.04 Å². The minimum Gasteiger partial charge on any atom is -0.496 e. The van der Waals surface area contributed by atoms with Gasteiger partial charge in [-0.25, -0.2) is 0 Å². The first kappa shape index (κ1) is 16.3. The molecule has 2 rings (SSSR count). The molecule has 1 aliphatic rings. The summed E-state index contributed by atoms with van der Waals surface area (Å²) < 4.78 is 11.0. The SMILES string of the molecule is CNC(CN(C)C1CCOCC1)c1cc(C)ccc1OC. The van der Waals surface area contributed by atoms with Gasteiger partial charge in [0, 0.05) is 37.4 Å². The molecular weight excluding hydrogens is 264 g/mol. The van der Waals surface area contributed by atoms with Crippen LogP contribution >= 0.6 is 0 Å². The standard InChI is InChI=1S/C17H28N2O2/c1-13-5-6-17(20-4)15(11-13)16(18-2)12-19(3)14-7-9-21-10-8-14/h5-6,11,14,16,18H,7-10,12H2,1-4H3. The van der Waals surface area contributed by atoms with E-state index in [1.54, 1.807) is 7.11 Å². The summed E-state index contributed by atoms with van der Waals surface area (Å²) in [5.74, 6) is 0.959. The molecule has 4 heteroatoms. The van der Waals surface area contributed by atoms with E-state index in [0.717, 1.165) is 38.3 Å². The molecule has 1 N–H and O–H groups in total. The lowest BCUT2D eigenvalue weighted by molar-refractivity contribution is 0.0403.